The van der Waals surface area contributed by atoms with Gasteiger partial charge >= 0.3 is 9.15 Å². The lowest BCUT2D eigenvalue weighted by atomic mass is 9.97. The minimum Gasteiger partial charge on any atom is -0.316 e. The van der Waals surface area contributed by atoms with Gasteiger partial charge in [-0.25, -0.2) is 0 Å². The summed E-state index contributed by atoms with van der Waals surface area (Å²) in [6, 6.07) is 0. The summed E-state index contributed by atoms with van der Waals surface area (Å²) in [6.07, 6.45) is 19.0. The van der Waals surface area contributed by atoms with Crippen molar-refractivity contribution < 1.29 is 12.6 Å². The van der Waals surface area contributed by atoms with Gasteiger partial charge in [0.1, 0.15) is 0 Å². The summed E-state index contributed by atoms with van der Waals surface area (Å²) in [5.74, 6) is 2.25. The van der Waals surface area contributed by atoms with Crippen molar-refractivity contribution in [2.75, 3.05) is 38.5 Å². The minimum absolute atomic E-state index is 0.231. The van der Waals surface area contributed by atoms with Crippen molar-refractivity contribution >= 4 is 19.9 Å². The Morgan fingerprint density at radius 2 is 1.17 bits per heavy atom. The van der Waals surface area contributed by atoms with Crippen LogP contribution in [0.1, 0.15) is 89.9 Å². The number of nitrogens with one attached hydrogen (secondary N) is 2. The summed E-state index contributed by atoms with van der Waals surface area (Å²) in [4.78, 5) is 0. The summed E-state index contributed by atoms with van der Waals surface area (Å²) in [5, 5.41) is 6.73. The van der Waals surface area contributed by atoms with E-state index < -0.39 is 9.15 Å². The Kier molecular flexibility index (Phi) is 14.0. The lowest BCUT2D eigenvalue weighted by molar-refractivity contribution is 0.320. The third kappa shape index (κ3) is 13.2. The van der Waals surface area contributed by atoms with Gasteiger partial charge in [0, 0.05) is 18.8 Å². The summed E-state index contributed by atoms with van der Waals surface area (Å²) < 4.78 is 29.0. The van der Waals surface area contributed by atoms with E-state index in [-0.39, 0.29) is 6.61 Å². The minimum atomic E-state index is -3.47. The molecule has 2 aliphatic rings. The highest BCUT2D eigenvalue weighted by atomic mass is 33.1. The van der Waals surface area contributed by atoms with Gasteiger partial charge < -0.3 is 10.6 Å². The largest absolute Gasteiger partial charge is 0.322 e. The predicted molar refractivity (Wildman–Crippen MR) is 125 cm³/mol. The molecule has 2 aliphatic carbocycles. The molecule has 7 heteroatoms. The van der Waals surface area contributed by atoms with Crippen LogP contribution in [0.2, 0.25) is 0 Å². The fraction of sp³-hybridized carbons (Fsp3) is 1.00. The number of rotatable bonds is 14. The monoisotopic (exact) mass is 448 g/mol. The zero-order chi connectivity index (χ0) is 20.6. The first kappa shape index (κ1) is 25.4. The molecule has 0 bridgehead atoms. The molecule has 2 fully saturated rings. The van der Waals surface area contributed by atoms with E-state index in [4.69, 9.17) is 4.18 Å². The second-order valence-electron chi connectivity index (χ2n) is 8.84. The lowest BCUT2D eigenvalue weighted by Crippen LogP contribution is -2.24. The average molecular weight is 449 g/mol. The second kappa shape index (κ2) is 15.9. The van der Waals surface area contributed by atoms with Gasteiger partial charge in [-0.15, -0.1) is 0 Å². The summed E-state index contributed by atoms with van der Waals surface area (Å²) in [7, 11) is -2.55. The van der Waals surface area contributed by atoms with Crippen LogP contribution in [-0.2, 0) is 13.3 Å². The molecule has 0 aromatic heterocycles. The fourth-order valence-electron chi connectivity index (χ4n) is 4.63. The van der Waals surface area contributed by atoms with Gasteiger partial charge in [-0.1, -0.05) is 77.0 Å². The zero-order valence-electron chi connectivity index (χ0n) is 18.3. The highest BCUT2D eigenvalue weighted by Crippen LogP contribution is 2.25. The van der Waals surface area contributed by atoms with Crippen LogP contribution in [0.25, 0.3) is 0 Å². The topological polar surface area (TPSA) is 67.4 Å². The molecular weight excluding hydrogens is 404 g/mol. The second-order valence-corrected chi connectivity index (χ2v) is 12.5. The first-order chi connectivity index (χ1) is 14.2. The van der Waals surface area contributed by atoms with Gasteiger partial charge in [-0.3, -0.25) is 4.18 Å². The molecule has 0 aliphatic heterocycles. The molecule has 0 saturated heterocycles. The Morgan fingerprint density at radius 3 is 1.69 bits per heavy atom. The van der Waals surface area contributed by atoms with Gasteiger partial charge in [0.2, 0.25) is 0 Å². The molecule has 0 aromatic carbocycles. The van der Waals surface area contributed by atoms with Gasteiger partial charge in [0.05, 0.1) is 6.61 Å². The summed E-state index contributed by atoms with van der Waals surface area (Å²) in [6.45, 7) is 3.52. The average Bonchev–Trinajstić information content (AvgIpc) is 3.12. The maximum absolute atomic E-state index is 12.0. The fourth-order valence-corrected chi connectivity index (χ4v) is 6.69. The smallest absolute Gasteiger partial charge is 0.316 e. The Morgan fingerprint density at radius 1 is 0.690 bits per heavy atom. The zero-order valence-corrected chi connectivity index (χ0v) is 20.0. The van der Waals surface area contributed by atoms with Crippen LogP contribution in [-0.4, -0.2) is 47.0 Å². The highest BCUT2D eigenvalue weighted by Gasteiger charge is 2.14. The van der Waals surface area contributed by atoms with Gasteiger partial charge in [-0.05, 0) is 48.6 Å². The molecule has 0 spiro atoms. The molecule has 5 nitrogen and oxygen atoms in total. The van der Waals surface area contributed by atoms with E-state index in [1.165, 1.54) is 89.9 Å². The van der Waals surface area contributed by atoms with Gasteiger partial charge in [0.25, 0.3) is 0 Å². The number of hydrogen-bond acceptors (Lipinski definition) is 6. The molecule has 2 rings (SSSR count). The molecule has 2 saturated carbocycles. The molecular formula is C22H44N2O3S2. The Balaban J connectivity index is 1.40. The molecule has 0 aromatic rings. The van der Waals surface area contributed by atoms with Gasteiger partial charge in [0.15, 0.2) is 0 Å². The van der Waals surface area contributed by atoms with Crippen LogP contribution >= 0.6 is 10.8 Å². The van der Waals surface area contributed by atoms with Crippen LogP contribution in [0.4, 0.5) is 0 Å². The van der Waals surface area contributed by atoms with Crippen molar-refractivity contribution in [3.05, 3.63) is 0 Å². The summed E-state index contributed by atoms with van der Waals surface area (Å²) in [5.41, 5.74) is 0. The molecule has 0 radical (unpaired) electrons. The van der Waals surface area contributed by atoms with E-state index >= 15 is 0 Å². The van der Waals surface area contributed by atoms with E-state index in [0.717, 1.165) is 42.3 Å². The van der Waals surface area contributed by atoms with E-state index in [1.807, 2.05) is 0 Å². The van der Waals surface area contributed by atoms with E-state index in [2.05, 4.69) is 10.6 Å². The standard InChI is InChI=1S/C22H44N2O3S2/c25-29(26,27-19-17-23-15-13-21-9-5-1-2-6-10-21)28-20-18-24-16-14-22-11-7-3-4-8-12-22/h21-24H,1-20H2. The van der Waals surface area contributed by atoms with Crippen molar-refractivity contribution in [1.29, 1.82) is 0 Å². The lowest BCUT2D eigenvalue weighted by Gasteiger charge is -2.14. The molecule has 0 heterocycles. The maximum Gasteiger partial charge on any atom is 0.322 e. The van der Waals surface area contributed by atoms with Crippen molar-refractivity contribution in [3.8, 4) is 0 Å². The molecule has 2 N–H and O–H groups in total. The van der Waals surface area contributed by atoms with Gasteiger partial charge in [-0.2, -0.15) is 8.42 Å². The van der Waals surface area contributed by atoms with E-state index in [0.29, 0.717) is 12.3 Å². The maximum atomic E-state index is 12.0. The molecule has 29 heavy (non-hydrogen) atoms. The molecule has 0 unspecified atom stereocenters. The van der Waals surface area contributed by atoms with E-state index in [9.17, 15) is 8.42 Å². The molecule has 172 valence electrons. The third-order valence-electron chi connectivity index (χ3n) is 6.42. The molecule has 0 amide bonds. The van der Waals surface area contributed by atoms with Crippen molar-refractivity contribution in [2.45, 2.75) is 89.9 Å². The highest BCUT2D eigenvalue weighted by molar-refractivity contribution is 8.70. The van der Waals surface area contributed by atoms with Crippen LogP contribution in [0, 0.1) is 11.8 Å². The summed E-state index contributed by atoms with van der Waals surface area (Å²) >= 11 is 0. The Hall–Kier alpha value is 0.180. The van der Waals surface area contributed by atoms with Crippen LogP contribution in [0.5, 0.6) is 0 Å². The Labute approximate surface area is 183 Å². The van der Waals surface area contributed by atoms with Crippen molar-refractivity contribution in [2.24, 2.45) is 11.8 Å². The van der Waals surface area contributed by atoms with Crippen molar-refractivity contribution in [3.63, 3.8) is 0 Å². The first-order valence-corrected chi connectivity index (χ1v) is 15.0. The number of hydrogen-bond donors (Lipinski definition) is 2. The third-order valence-corrected chi connectivity index (χ3v) is 9.19. The van der Waals surface area contributed by atoms with Crippen LogP contribution in [0.3, 0.4) is 0 Å². The molecule has 0 atom stereocenters. The quantitative estimate of drug-likeness (QED) is 0.224. The van der Waals surface area contributed by atoms with Crippen LogP contribution in [0.15, 0.2) is 0 Å². The SMILES string of the molecule is O=S(=O)(OCCNCCC1CCCCCC1)SCCNCCC1CCCCCC1. The predicted octanol–water partition coefficient (Wildman–Crippen LogP) is 4.88. The Bertz CT molecular complexity index is 448. The van der Waals surface area contributed by atoms with E-state index in [1.54, 1.807) is 0 Å². The first-order valence-electron chi connectivity index (χ1n) is 12.1. The van der Waals surface area contributed by atoms with Crippen molar-refractivity contribution in [1.82, 2.24) is 10.6 Å². The van der Waals surface area contributed by atoms with Crippen LogP contribution < -0.4 is 10.6 Å². The normalized spacial score (nSPS) is 20.4.